The fraction of sp³-hybridized carbons (Fsp3) is 0.0526. The van der Waals surface area contributed by atoms with Gasteiger partial charge in [0.1, 0.15) is 0 Å². The molecule has 5 heteroatoms. The van der Waals surface area contributed by atoms with Gasteiger partial charge in [0.05, 0.1) is 11.4 Å². The van der Waals surface area contributed by atoms with E-state index in [1.165, 1.54) is 0 Å². The topological polar surface area (TPSA) is 51.3 Å². The number of aromatic nitrogens is 3. The zero-order valence-corrected chi connectivity index (χ0v) is 13.2. The summed E-state index contributed by atoms with van der Waals surface area (Å²) in [5, 5.41) is 2.94. The Bertz CT molecular complexity index is 998. The molecule has 1 amide bonds. The van der Waals surface area contributed by atoms with Crippen molar-refractivity contribution in [2.24, 2.45) is 0 Å². The standard InChI is InChI=1S/C19H16N4O/c1-14-13-23-12-4-5-17(18(23)20-14)21-19(24)15-6-8-16(9-7-15)22-10-2-3-11-22/h2-13H,1H3,(H,21,24). The Morgan fingerprint density at radius 3 is 2.50 bits per heavy atom. The molecule has 4 rings (SSSR count). The Morgan fingerprint density at radius 2 is 1.75 bits per heavy atom. The van der Waals surface area contributed by atoms with Crippen molar-refractivity contribution >= 4 is 17.2 Å². The van der Waals surface area contributed by atoms with Gasteiger partial charge in [0.2, 0.25) is 0 Å². The zero-order chi connectivity index (χ0) is 16.5. The number of pyridine rings is 1. The molecule has 0 spiro atoms. The summed E-state index contributed by atoms with van der Waals surface area (Å²) in [4.78, 5) is 17.0. The van der Waals surface area contributed by atoms with Gasteiger partial charge in [-0.25, -0.2) is 4.98 Å². The van der Waals surface area contributed by atoms with Crippen LogP contribution < -0.4 is 5.32 Å². The predicted molar refractivity (Wildman–Crippen MR) is 93.7 cm³/mol. The fourth-order valence-electron chi connectivity index (χ4n) is 2.72. The molecule has 3 aromatic heterocycles. The number of aryl methyl sites for hydroxylation is 1. The monoisotopic (exact) mass is 316 g/mol. The molecule has 0 saturated carbocycles. The van der Waals surface area contributed by atoms with Crippen LogP contribution in [-0.4, -0.2) is 19.9 Å². The van der Waals surface area contributed by atoms with Crippen LogP contribution in [0.15, 0.2) is 73.3 Å². The molecule has 0 aliphatic rings. The lowest BCUT2D eigenvalue weighted by atomic mass is 10.2. The summed E-state index contributed by atoms with van der Waals surface area (Å²) >= 11 is 0. The van der Waals surface area contributed by atoms with Crippen molar-refractivity contribution < 1.29 is 4.79 Å². The molecule has 0 aliphatic heterocycles. The van der Waals surface area contributed by atoms with Gasteiger partial charge in [-0.15, -0.1) is 0 Å². The van der Waals surface area contributed by atoms with E-state index in [0.29, 0.717) is 11.3 Å². The maximum Gasteiger partial charge on any atom is 0.255 e. The number of imidazole rings is 1. The van der Waals surface area contributed by atoms with E-state index >= 15 is 0 Å². The first-order chi connectivity index (χ1) is 11.7. The Labute approximate surface area is 139 Å². The summed E-state index contributed by atoms with van der Waals surface area (Å²) in [5.74, 6) is -0.150. The molecule has 0 saturated heterocycles. The van der Waals surface area contributed by atoms with Gasteiger partial charge in [-0.2, -0.15) is 0 Å². The van der Waals surface area contributed by atoms with Crippen LogP contribution in [0.4, 0.5) is 5.69 Å². The molecule has 1 N–H and O–H groups in total. The number of carbonyl (C=O) groups excluding carboxylic acids is 1. The first kappa shape index (κ1) is 14.3. The summed E-state index contributed by atoms with van der Waals surface area (Å²) in [6.45, 7) is 1.93. The summed E-state index contributed by atoms with van der Waals surface area (Å²) in [6.07, 6.45) is 7.78. The van der Waals surface area contributed by atoms with Crippen molar-refractivity contribution in [3.63, 3.8) is 0 Å². The molecule has 0 unspecified atom stereocenters. The quantitative estimate of drug-likeness (QED) is 0.627. The first-order valence-electron chi connectivity index (χ1n) is 7.70. The highest BCUT2D eigenvalue weighted by Crippen LogP contribution is 2.18. The van der Waals surface area contributed by atoms with Crippen molar-refractivity contribution in [2.45, 2.75) is 6.92 Å². The van der Waals surface area contributed by atoms with Crippen LogP contribution in [0.2, 0.25) is 0 Å². The molecule has 3 heterocycles. The van der Waals surface area contributed by atoms with Gasteiger partial charge in [-0.05, 0) is 55.5 Å². The van der Waals surface area contributed by atoms with E-state index in [9.17, 15) is 4.79 Å². The number of carbonyl (C=O) groups is 1. The molecule has 0 atom stereocenters. The lowest BCUT2D eigenvalue weighted by Gasteiger charge is -2.08. The van der Waals surface area contributed by atoms with Gasteiger partial charge in [-0.3, -0.25) is 4.79 Å². The fourth-order valence-corrected chi connectivity index (χ4v) is 2.72. The van der Waals surface area contributed by atoms with E-state index in [2.05, 4.69) is 10.3 Å². The summed E-state index contributed by atoms with van der Waals surface area (Å²) in [7, 11) is 0. The second kappa shape index (κ2) is 5.70. The van der Waals surface area contributed by atoms with Crippen molar-refractivity contribution in [1.82, 2.24) is 14.0 Å². The van der Waals surface area contributed by atoms with E-state index in [0.717, 1.165) is 17.0 Å². The SMILES string of the molecule is Cc1cn2cccc(NC(=O)c3ccc(-n4cccc4)cc3)c2n1. The van der Waals surface area contributed by atoms with E-state index in [4.69, 9.17) is 0 Å². The van der Waals surface area contributed by atoms with E-state index in [-0.39, 0.29) is 5.91 Å². The molecule has 0 bridgehead atoms. The highest BCUT2D eigenvalue weighted by Gasteiger charge is 2.10. The number of rotatable bonds is 3. The number of hydrogen-bond acceptors (Lipinski definition) is 2. The molecule has 118 valence electrons. The van der Waals surface area contributed by atoms with Gasteiger partial charge in [-0.1, -0.05) is 0 Å². The Balaban J connectivity index is 1.59. The van der Waals surface area contributed by atoms with Crippen LogP contribution in [0.5, 0.6) is 0 Å². The third-order valence-corrected chi connectivity index (χ3v) is 3.88. The van der Waals surface area contributed by atoms with Crippen molar-refractivity contribution in [3.05, 3.63) is 84.6 Å². The molecule has 1 aromatic carbocycles. The first-order valence-corrected chi connectivity index (χ1v) is 7.70. The van der Waals surface area contributed by atoms with Crippen LogP contribution >= 0.6 is 0 Å². The number of fused-ring (bicyclic) bond motifs is 1. The lowest BCUT2D eigenvalue weighted by molar-refractivity contribution is 0.102. The molecule has 4 aromatic rings. The third-order valence-electron chi connectivity index (χ3n) is 3.88. The number of nitrogens with one attached hydrogen (secondary N) is 1. The van der Waals surface area contributed by atoms with Crippen molar-refractivity contribution in [1.29, 1.82) is 0 Å². The second-order valence-corrected chi connectivity index (χ2v) is 5.63. The smallest absolute Gasteiger partial charge is 0.255 e. The van der Waals surface area contributed by atoms with Gasteiger partial charge in [0, 0.05) is 36.0 Å². The molecule has 24 heavy (non-hydrogen) atoms. The number of hydrogen-bond donors (Lipinski definition) is 1. The van der Waals surface area contributed by atoms with Crippen molar-refractivity contribution in [2.75, 3.05) is 5.32 Å². The van der Waals surface area contributed by atoms with Crippen LogP contribution in [0.25, 0.3) is 11.3 Å². The molecular weight excluding hydrogens is 300 g/mol. The largest absolute Gasteiger partial charge is 0.324 e. The van der Waals surface area contributed by atoms with E-state index in [1.54, 1.807) is 0 Å². The minimum absolute atomic E-state index is 0.150. The minimum atomic E-state index is -0.150. The number of nitrogens with zero attached hydrogens (tertiary/aromatic N) is 3. The normalized spacial score (nSPS) is 10.9. The lowest BCUT2D eigenvalue weighted by Crippen LogP contribution is -2.12. The average molecular weight is 316 g/mol. The molecule has 0 radical (unpaired) electrons. The van der Waals surface area contributed by atoms with Crippen LogP contribution in [0, 0.1) is 6.92 Å². The minimum Gasteiger partial charge on any atom is -0.324 e. The van der Waals surface area contributed by atoms with Crippen LogP contribution in [0.1, 0.15) is 16.1 Å². The van der Waals surface area contributed by atoms with Gasteiger partial charge in [0.15, 0.2) is 5.65 Å². The highest BCUT2D eigenvalue weighted by atomic mass is 16.1. The number of amides is 1. The number of benzene rings is 1. The summed E-state index contributed by atoms with van der Waals surface area (Å²) in [5.41, 5.74) is 3.98. The van der Waals surface area contributed by atoms with Gasteiger partial charge >= 0.3 is 0 Å². The molecule has 0 fully saturated rings. The Hall–Kier alpha value is -3.34. The predicted octanol–water partition coefficient (Wildman–Crippen LogP) is 3.69. The van der Waals surface area contributed by atoms with Crippen LogP contribution in [0.3, 0.4) is 0 Å². The highest BCUT2D eigenvalue weighted by molar-refractivity contribution is 6.06. The molecular formula is C19H16N4O. The number of anilines is 1. The Kier molecular flexibility index (Phi) is 3.39. The maximum absolute atomic E-state index is 12.5. The summed E-state index contributed by atoms with van der Waals surface area (Å²) in [6, 6.07) is 15.2. The molecule has 0 aliphatic carbocycles. The average Bonchev–Trinajstić information content (AvgIpc) is 3.24. The zero-order valence-electron chi connectivity index (χ0n) is 13.2. The summed E-state index contributed by atoms with van der Waals surface area (Å²) < 4.78 is 3.90. The van der Waals surface area contributed by atoms with E-state index < -0.39 is 0 Å². The molecule has 5 nitrogen and oxygen atoms in total. The van der Waals surface area contributed by atoms with Crippen molar-refractivity contribution in [3.8, 4) is 5.69 Å². The van der Waals surface area contributed by atoms with Crippen LogP contribution in [-0.2, 0) is 0 Å². The van der Waals surface area contributed by atoms with E-state index in [1.807, 2.05) is 89.2 Å². The third kappa shape index (κ3) is 2.56. The van der Waals surface area contributed by atoms with Gasteiger partial charge < -0.3 is 14.3 Å². The second-order valence-electron chi connectivity index (χ2n) is 5.63. The maximum atomic E-state index is 12.5. The van der Waals surface area contributed by atoms with Gasteiger partial charge in [0.25, 0.3) is 5.91 Å². The Morgan fingerprint density at radius 1 is 1.00 bits per heavy atom.